The lowest BCUT2D eigenvalue weighted by molar-refractivity contribution is 0.158. The molecule has 0 radical (unpaired) electrons. The van der Waals surface area contributed by atoms with Crippen LogP contribution in [0.25, 0.3) is 0 Å². The summed E-state index contributed by atoms with van der Waals surface area (Å²) in [5.74, 6) is 1.49. The van der Waals surface area contributed by atoms with Crippen LogP contribution in [0.15, 0.2) is 4.52 Å². The Morgan fingerprint density at radius 1 is 1.26 bits per heavy atom. The van der Waals surface area contributed by atoms with E-state index in [1.54, 1.807) is 0 Å². The maximum absolute atomic E-state index is 5.94. The zero-order chi connectivity index (χ0) is 14.0. The number of rotatable bonds is 3. The van der Waals surface area contributed by atoms with Crippen LogP contribution >= 0.6 is 0 Å². The third kappa shape index (κ3) is 3.76. The van der Waals surface area contributed by atoms with E-state index < -0.39 is 0 Å². The van der Waals surface area contributed by atoms with Gasteiger partial charge in [0.05, 0.1) is 6.54 Å². The molecule has 5 heteroatoms. The highest BCUT2D eigenvalue weighted by Crippen LogP contribution is 2.23. The summed E-state index contributed by atoms with van der Waals surface area (Å²) in [4.78, 5) is 6.80. The SMILES string of the molecule is CN(Cc1nc(C(C)(C)C)no1)C1CCC(N)CC1. The minimum Gasteiger partial charge on any atom is -0.338 e. The van der Waals surface area contributed by atoms with Crippen LogP contribution in [0.1, 0.15) is 58.2 Å². The molecule has 2 N–H and O–H groups in total. The average Bonchev–Trinajstić information content (AvgIpc) is 2.78. The third-order valence-electron chi connectivity index (χ3n) is 3.89. The molecule has 2 rings (SSSR count). The van der Waals surface area contributed by atoms with Gasteiger partial charge in [0, 0.05) is 17.5 Å². The van der Waals surface area contributed by atoms with Gasteiger partial charge in [-0.3, -0.25) is 4.90 Å². The van der Waals surface area contributed by atoms with Crippen LogP contribution in [0.2, 0.25) is 0 Å². The van der Waals surface area contributed by atoms with Crippen LogP contribution in [-0.2, 0) is 12.0 Å². The smallest absolute Gasteiger partial charge is 0.240 e. The van der Waals surface area contributed by atoms with Crippen molar-refractivity contribution in [1.29, 1.82) is 0 Å². The Morgan fingerprint density at radius 2 is 1.89 bits per heavy atom. The maximum Gasteiger partial charge on any atom is 0.240 e. The van der Waals surface area contributed by atoms with Crippen LogP contribution in [0.5, 0.6) is 0 Å². The van der Waals surface area contributed by atoms with Crippen LogP contribution in [0.4, 0.5) is 0 Å². The Balaban J connectivity index is 1.92. The molecule has 108 valence electrons. The van der Waals surface area contributed by atoms with E-state index in [2.05, 4.69) is 42.9 Å². The van der Waals surface area contributed by atoms with Gasteiger partial charge in [0.1, 0.15) is 0 Å². The van der Waals surface area contributed by atoms with Crippen molar-refractivity contribution in [3.63, 3.8) is 0 Å². The number of hydrogen-bond acceptors (Lipinski definition) is 5. The van der Waals surface area contributed by atoms with Crippen molar-refractivity contribution in [3.8, 4) is 0 Å². The average molecular weight is 266 g/mol. The van der Waals surface area contributed by atoms with Gasteiger partial charge in [0.15, 0.2) is 5.82 Å². The van der Waals surface area contributed by atoms with Crippen LogP contribution in [-0.4, -0.2) is 34.2 Å². The Kier molecular flexibility index (Phi) is 4.26. The standard InChI is InChI=1S/C14H26N4O/c1-14(2,3)13-16-12(19-17-13)9-18(4)11-7-5-10(15)6-8-11/h10-11H,5-9,15H2,1-4H3. The van der Waals surface area contributed by atoms with E-state index in [1.807, 2.05) is 0 Å². The van der Waals surface area contributed by atoms with Crippen molar-refractivity contribution >= 4 is 0 Å². The fourth-order valence-corrected chi connectivity index (χ4v) is 2.51. The largest absolute Gasteiger partial charge is 0.338 e. The molecule has 0 bridgehead atoms. The van der Waals surface area contributed by atoms with Crippen molar-refractivity contribution in [1.82, 2.24) is 15.0 Å². The number of hydrogen-bond donors (Lipinski definition) is 1. The van der Waals surface area contributed by atoms with E-state index in [-0.39, 0.29) is 5.41 Å². The molecule has 0 spiro atoms. The third-order valence-corrected chi connectivity index (χ3v) is 3.89. The van der Waals surface area contributed by atoms with E-state index >= 15 is 0 Å². The van der Waals surface area contributed by atoms with Gasteiger partial charge in [-0.1, -0.05) is 25.9 Å². The molecule has 0 saturated heterocycles. The second kappa shape index (κ2) is 5.59. The van der Waals surface area contributed by atoms with Crippen LogP contribution in [0, 0.1) is 0 Å². The molecule has 0 aromatic carbocycles. The van der Waals surface area contributed by atoms with Gasteiger partial charge in [-0.15, -0.1) is 0 Å². The first-order chi connectivity index (χ1) is 8.86. The molecule has 1 aliphatic carbocycles. The van der Waals surface area contributed by atoms with Gasteiger partial charge in [-0.25, -0.2) is 0 Å². The Labute approximate surface area is 115 Å². The van der Waals surface area contributed by atoms with Gasteiger partial charge in [-0.2, -0.15) is 4.98 Å². The van der Waals surface area contributed by atoms with E-state index in [0.29, 0.717) is 18.0 Å². The highest BCUT2D eigenvalue weighted by Gasteiger charge is 2.25. The summed E-state index contributed by atoms with van der Waals surface area (Å²) >= 11 is 0. The second-order valence-electron chi connectivity index (χ2n) is 6.75. The maximum atomic E-state index is 5.94. The summed E-state index contributed by atoms with van der Waals surface area (Å²) in [5.41, 5.74) is 5.88. The molecule has 0 unspecified atom stereocenters. The van der Waals surface area contributed by atoms with E-state index in [0.717, 1.165) is 38.1 Å². The minimum atomic E-state index is -0.0576. The summed E-state index contributed by atoms with van der Waals surface area (Å²) in [6.07, 6.45) is 4.56. The zero-order valence-electron chi connectivity index (χ0n) is 12.5. The summed E-state index contributed by atoms with van der Waals surface area (Å²) in [5, 5.41) is 4.06. The second-order valence-corrected chi connectivity index (χ2v) is 6.75. The van der Waals surface area contributed by atoms with Crippen molar-refractivity contribution in [2.45, 2.75) is 70.5 Å². The fourth-order valence-electron chi connectivity index (χ4n) is 2.51. The molecule has 1 aromatic rings. The Morgan fingerprint density at radius 3 is 2.42 bits per heavy atom. The molecule has 0 aliphatic heterocycles. The predicted octanol–water partition coefficient (Wildman–Crippen LogP) is 2.07. The molecule has 1 aliphatic rings. The molecule has 5 nitrogen and oxygen atoms in total. The van der Waals surface area contributed by atoms with Crippen molar-refractivity contribution in [3.05, 3.63) is 11.7 Å². The number of nitrogens with two attached hydrogens (primary N) is 1. The first kappa shape index (κ1) is 14.5. The van der Waals surface area contributed by atoms with Gasteiger partial charge < -0.3 is 10.3 Å². The molecule has 19 heavy (non-hydrogen) atoms. The molecular weight excluding hydrogens is 240 g/mol. The van der Waals surface area contributed by atoms with Gasteiger partial charge in [0.25, 0.3) is 0 Å². The number of nitrogens with zero attached hydrogens (tertiary/aromatic N) is 3. The Bertz CT molecular complexity index is 402. The molecule has 0 amide bonds. The van der Waals surface area contributed by atoms with Crippen LogP contribution in [0.3, 0.4) is 0 Å². The Hall–Kier alpha value is -0.940. The van der Waals surface area contributed by atoms with Crippen LogP contribution < -0.4 is 5.73 Å². The lowest BCUT2D eigenvalue weighted by atomic mass is 9.91. The van der Waals surface area contributed by atoms with E-state index in [4.69, 9.17) is 10.3 Å². The first-order valence-corrected chi connectivity index (χ1v) is 7.15. The van der Waals surface area contributed by atoms with Gasteiger partial charge in [0.2, 0.25) is 5.89 Å². The zero-order valence-corrected chi connectivity index (χ0v) is 12.5. The topological polar surface area (TPSA) is 68.2 Å². The monoisotopic (exact) mass is 266 g/mol. The van der Waals surface area contributed by atoms with E-state index in [1.165, 1.54) is 0 Å². The molecule has 1 saturated carbocycles. The number of aromatic nitrogens is 2. The summed E-state index contributed by atoms with van der Waals surface area (Å²) < 4.78 is 5.35. The molecular formula is C14H26N4O. The molecule has 0 atom stereocenters. The lowest BCUT2D eigenvalue weighted by Gasteiger charge is -2.32. The normalized spacial score (nSPS) is 24.9. The van der Waals surface area contributed by atoms with Gasteiger partial charge >= 0.3 is 0 Å². The molecule has 1 aromatic heterocycles. The van der Waals surface area contributed by atoms with Gasteiger partial charge in [-0.05, 0) is 32.7 Å². The van der Waals surface area contributed by atoms with E-state index in [9.17, 15) is 0 Å². The summed E-state index contributed by atoms with van der Waals surface area (Å²) in [7, 11) is 2.13. The van der Waals surface area contributed by atoms with Crippen molar-refractivity contribution in [2.24, 2.45) is 5.73 Å². The fraction of sp³-hybridized carbons (Fsp3) is 0.857. The quantitative estimate of drug-likeness (QED) is 0.907. The predicted molar refractivity (Wildman–Crippen MR) is 74.7 cm³/mol. The first-order valence-electron chi connectivity index (χ1n) is 7.15. The molecule has 1 fully saturated rings. The molecule has 1 heterocycles. The lowest BCUT2D eigenvalue weighted by Crippen LogP contribution is -2.38. The highest BCUT2D eigenvalue weighted by molar-refractivity contribution is 5.00. The minimum absolute atomic E-state index is 0.0576. The highest BCUT2D eigenvalue weighted by atomic mass is 16.5. The van der Waals surface area contributed by atoms with Crippen molar-refractivity contribution < 1.29 is 4.52 Å². The van der Waals surface area contributed by atoms with Crippen molar-refractivity contribution in [2.75, 3.05) is 7.05 Å². The summed E-state index contributed by atoms with van der Waals surface area (Å²) in [6, 6.07) is 0.977. The summed E-state index contributed by atoms with van der Waals surface area (Å²) in [6.45, 7) is 7.00.